The topological polar surface area (TPSA) is 78.7 Å². The van der Waals surface area contributed by atoms with Gasteiger partial charge in [0.2, 0.25) is 0 Å². The van der Waals surface area contributed by atoms with Crippen LogP contribution in [0.5, 0.6) is 11.8 Å². The minimum atomic E-state index is -0.661. The molecule has 3 aliphatic rings. The number of rotatable bonds is 3. The zero-order valence-corrected chi connectivity index (χ0v) is 18.8. The molecule has 2 atom stereocenters. The number of anilines is 1. The number of nitrogens with zero attached hydrogens (tertiary/aromatic N) is 3. The number of fused-ring (bicyclic) bond motifs is 4. The number of halogens is 2. The highest BCUT2D eigenvalue weighted by Crippen LogP contribution is 2.44. The average Bonchev–Trinajstić information content (AvgIpc) is 2.88. The van der Waals surface area contributed by atoms with Crippen LogP contribution in [0.15, 0.2) is 36.4 Å². The van der Waals surface area contributed by atoms with Crippen LogP contribution in [-0.2, 0) is 0 Å². The van der Waals surface area contributed by atoms with Gasteiger partial charge in [-0.2, -0.15) is 9.97 Å². The van der Waals surface area contributed by atoms with E-state index in [1.54, 1.807) is 12.1 Å². The Kier molecular flexibility index (Phi) is 4.80. The lowest BCUT2D eigenvalue weighted by Gasteiger charge is -2.51. The summed E-state index contributed by atoms with van der Waals surface area (Å²) in [4.78, 5) is 10.8. The molecule has 0 radical (unpaired) electrons. The van der Waals surface area contributed by atoms with Crippen molar-refractivity contribution in [2.75, 3.05) is 25.1 Å². The van der Waals surface area contributed by atoms with Crippen LogP contribution in [0.1, 0.15) is 12.0 Å². The molecule has 2 unspecified atom stereocenters. The Hall–Kier alpha value is -3.96. The van der Waals surface area contributed by atoms with Crippen molar-refractivity contribution < 1.29 is 23.7 Å². The van der Waals surface area contributed by atoms with E-state index in [4.69, 9.17) is 11.2 Å². The van der Waals surface area contributed by atoms with Crippen molar-refractivity contribution in [1.29, 1.82) is 0 Å². The van der Waals surface area contributed by atoms with E-state index in [-0.39, 0.29) is 51.9 Å². The molecular weight excluding hydrogens is 452 g/mol. The number of aliphatic hydroxyl groups is 1. The second kappa shape index (κ2) is 7.79. The quantitative estimate of drug-likeness (QED) is 0.434. The van der Waals surface area contributed by atoms with Gasteiger partial charge < -0.3 is 19.8 Å². The minimum absolute atomic E-state index is 0.0101. The van der Waals surface area contributed by atoms with Gasteiger partial charge in [0.25, 0.3) is 0 Å². The number of terminal acetylenes is 1. The Balaban J connectivity index is 1.58. The van der Waals surface area contributed by atoms with Gasteiger partial charge in [0.15, 0.2) is 5.82 Å². The van der Waals surface area contributed by atoms with Crippen molar-refractivity contribution in [3.8, 4) is 35.2 Å². The van der Waals surface area contributed by atoms with E-state index in [1.165, 1.54) is 31.4 Å². The van der Waals surface area contributed by atoms with E-state index in [0.717, 1.165) is 6.42 Å². The van der Waals surface area contributed by atoms with Crippen LogP contribution in [0, 0.1) is 35.8 Å². The predicted octanol–water partition coefficient (Wildman–Crippen LogP) is 4.24. The maximum Gasteiger partial charge on any atom is 0.318 e. The summed E-state index contributed by atoms with van der Waals surface area (Å²) in [6.07, 6.45) is 6.24. The second-order valence-corrected chi connectivity index (χ2v) is 9.17. The largest absolute Gasteiger partial charge is 0.508 e. The maximum absolute atomic E-state index is 16.1. The number of piperidine rings is 2. The summed E-state index contributed by atoms with van der Waals surface area (Å²) in [6.45, 7) is 1.22. The monoisotopic (exact) mass is 473 g/mol. The Labute approximate surface area is 199 Å². The number of hydrogen-bond donors (Lipinski definition) is 2. The summed E-state index contributed by atoms with van der Waals surface area (Å²) in [5.41, 5.74) is 0.404. The number of aromatic hydroxyl groups is 1. The SMILES string of the molecule is C#Cc1c(F)ccc2cc(O)cc(-c3ccc4c(N5CC6CC(C5)C6O)nc(OC)nc4c3F)c12. The van der Waals surface area contributed by atoms with E-state index in [9.17, 15) is 14.6 Å². The van der Waals surface area contributed by atoms with Crippen LogP contribution in [0.4, 0.5) is 14.6 Å². The van der Waals surface area contributed by atoms with Gasteiger partial charge in [0, 0.05) is 41.3 Å². The first kappa shape index (κ1) is 21.6. The lowest BCUT2D eigenvalue weighted by atomic mass is 9.68. The van der Waals surface area contributed by atoms with Gasteiger partial charge in [-0.1, -0.05) is 18.1 Å². The summed E-state index contributed by atoms with van der Waals surface area (Å²) in [6, 6.07) is 8.83. The number of benzene rings is 3. The fourth-order valence-corrected chi connectivity index (χ4v) is 5.48. The van der Waals surface area contributed by atoms with Gasteiger partial charge in [-0.15, -0.1) is 6.42 Å². The number of ether oxygens (including phenoxy) is 1. The Bertz CT molecular complexity index is 1550. The Morgan fingerprint density at radius 2 is 1.86 bits per heavy atom. The molecule has 1 aromatic heterocycles. The van der Waals surface area contributed by atoms with Gasteiger partial charge in [-0.3, -0.25) is 0 Å². The molecule has 3 fully saturated rings. The molecule has 2 bridgehead atoms. The average molecular weight is 473 g/mol. The molecule has 1 aliphatic carbocycles. The molecule has 2 saturated heterocycles. The molecule has 7 rings (SSSR count). The number of aliphatic hydroxyl groups excluding tert-OH is 1. The number of phenolic OH excluding ortho intramolecular Hbond substituents is 1. The smallest absolute Gasteiger partial charge is 0.318 e. The summed E-state index contributed by atoms with van der Waals surface area (Å²) in [5, 5.41) is 21.8. The Morgan fingerprint density at radius 1 is 1.09 bits per heavy atom. The number of phenols is 1. The molecule has 2 aliphatic heterocycles. The van der Waals surface area contributed by atoms with E-state index in [1.807, 2.05) is 4.90 Å². The van der Waals surface area contributed by atoms with E-state index < -0.39 is 11.6 Å². The van der Waals surface area contributed by atoms with E-state index in [2.05, 4.69) is 15.9 Å². The van der Waals surface area contributed by atoms with Gasteiger partial charge in [-0.05, 0) is 41.6 Å². The highest BCUT2D eigenvalue weighted by Gasteiger charge is 2.46. The zero-order chi connectivity index (χ0) is 24.4. The van der Waals surface area contributed by atoms with Crippen molar-refractivity contribution >= 4 is 27.5 Å². The van der Waals surface area contributed by atoms with Crippen LogP contribution in [0.25, 0.3) is 32.8 Å². The normalized spacial score (nSPS) is 21.1. The third-order valence-electron chi connectivity index (χ3n) is 7.22. The molecule has 176 valence electrons. The van der Waals surface area contributed by atoms with Crippen LogP contribution in [0.2, 0.25) is 0 Å². The Morgan fingerprint density at radius 3 is 2.54 bits per heavy atom. The fourth-order valence-electron chi connectivity index (χ4n) is 5.48. The van der Waals surface area contributed by atoms with Gasteiger partial charge in [0.1, 0.15) is 22.9 Å². The highest BCUT2D eigenvalue weighted by molar-refractivity contribution is 6.04. The van der Waals surface area contributed by atoms with Crippen LogP contribution in [-0.4, -0.2) is 46.5 Å². The summed E-state index contributed by atoms with van der Waals surface area (Å²) < 4.78 is 35.9. The summed E-state index contributed by atoms with van der Waals surface area (Å²) in [7, 11) is 1.41. The molecule has 2 N–H and O–H groups in total. The van der Waals surface area contributed by atoms with Crippen molar-refractivity contribution in [3.05, 3.63) is 53.6 Å². The zero-order valence-electron chi connectivity index (χ0n) is 18.8. The minimum Gasteiger partial charge on any atom is -0.508 e. The van der Waals surface area contributed by atoms with Crippen LogP contribution in [0.3, 0.4) is 0 Å². The molecule has 3 aromatic carbocycles. The van der Waals surface area contributed by atoms with Crippen LogP contribution < -0.4 is 9.64 Å². The van der Waals surface area contributed by atoms with Gasteiger partial charge in [0.05, 0.1) is 18.8 Å². The summed E-state index contributed by atoms with van der Waals surface area (Å²) >= 11 is 0. The van der Waals surface area contributed by atoms with Gasteiger partial charge in [-0.25, -0.2) is 8.78 Å². The van der Waals surface area contributed by atoms with Crippen molar-refractivity contribution in [2.45, 2.75) is 12.5 Å². The third kappa shape index (κ3) is 3.19. The van der Waals surface area contributed by atoms with Crippen molar-refractivity contribution in [1.82, 2.24) is 9.97 Å². The van der Waals surface area contributed by atoms with E-state index in [0.29, 0.717) is 35.1 Å². The maximum atomic E-state index is 16.1. The van der Waals surface area contributed by atoms with E-state index >= 15 is 4.39 Å². The molecule has 1 saturated carbocycles. The number of hydrogen-bond acceptors (Lipinski definition) is 6. The molecule has 3 heterocycles. The summed E-state index contributed by atoms with van der Waals surface area (Å²) in [5.74, 6) is 1.84. The standard InChI is InChI=1S/C27H21F2N3O3/c1-3-17-21(28)7-4-13-9-16(33)10-20(22(13)17)18-5-6-19-24(23(18)29)30-27(35-2)31-26(19)32-11-14-8-15(12-32)25(14)34/h1,4-7,9-10,14-15,25,33-34H,8,11-12H2,2H3. The van der Waals surface area contributed by atoms with Crippen molar-refractivity contribution in [2.24, 2.45) is 11.8 Å². The molecule has 35 heavy (non-hydrogen) atoms. The first-order valence-electron chi connectivity index (χ1n) is 11.3. The molecule has 0 spiro atoms. The predicted molar refractivity (Wildman–Crippen MR) is 128 cm³/mol. The van der Waals surface area contributed by atoms with Crippen LogP contribution >= 0.6 is 0 Å². The molecular formula is C27H21F2N3O3. The van der Waals surface area contributed by atoms with Gasteiger partial charge >= 0.3 is 6.01 Å². The fraction of sp³-hybridized carbons (Fsp3) is 0.259. The second-order valence-electron chi connectivity index (χ2n) is 9.17. The first-order valence-corrected chi connectivity index (χ1v) is 11.3. The number of aromatic nitrogens is 2. The molecule has 4 aromatic rings. The lowest BCUT2D eigenvalue weighted by Crippen LogP contribution is -2.58. The molecule has 6 nitrogen and oxygen atoms in total. The molecule has 8 heteroatoms. The lowest BCUT2D eigenvalue weighted by molar-refractivity contribution is -0.0532. The highest BCUT2D eigenvalue weighted by atomic mass is 19.1. The molecule has 0 amide bonds. The third-order valence-corrected chi connectivity index (χ3v) is 7.22. The number of methoxy groups -OCH3 is 1. The van der Waals surface area contributed by atoms with Crippen molar-refractivity contribution in [3.63, 3.8) is 0 Å². The first-order chi connectivity index (χ1) is 16.9.